The van der Waals surface area contributed by atoms with Crippen LogP contribution in [0.15, 0.2) is 0 Å². The number of amides is 1. The van der Waals surface area contributed by atoms with Gasteiger partial charge in [0.1, 0.15) is 0 Å². The van der Waals surface area contributed by atoms with E-state index in [9.17, 15) is 4.79 Å². The van der Waals surface area contributed by atoms with Gasteiger partial charge in [0.2, 0.25) is 5.91 Å². The predicted molar refractivity (Wildman–Crippen MR) is 58.0 cm³/mol. The van der Waals surface area contributed by atoms with Crippen LogP contribution in [-0.2, 0) is 4.79 Å². The van der Waals surface area contributed by atoms with Crippen molar-refractivity contribution >= 4 is 21.8 Å². The number of hydrogen-bond donors (Lipinski definition) is 1. The van der Waals surface area contributed by atoms with Gasteiger partial charge in [0.25, 0.3) is 0 Å². The first kappa shape index (κ1) is 11.0. The molecule has 0 bridgehead atoms. The second-order valence-electron chi connectivity index (χ2n) is 4.09. The van der Waals surface area contributed by atoms with Crippen molar-refractivity contribution < 1.29 is 4.79 Å². The average molecular weight is 248 g/mol. The normalized spacial score (nSPS) is 31.0. The molecule has 0 spiro atoms. The number of carbonyl (C=O) groups is 1. The summed E-state index contributed by atoms with van der Waals surface area (Å²) in [5.74, 6) is 0.892. The fraction of sp³-hybridized carbons (Fsp3) is 0.900. The molecular weight excluding hydrogens is 230 g/mol. The molecule has 2 nitrogen and oxygen atoms in total. The Morgan fingerprint density at radius 2 is 2.23 bits per heavy atom. The van der Waals surface area contributed by atoms with Crippen molar-refractivity contribution in [2.75, 3.05) is 0 Å². The lowest BCUT2D eigenvalue weighted by atomic mass is 9.87. The van der Waals surface area contributed by atoms with Crippen LogP contribution in [0.5, 0.6) is 0 Å². The van der Waals surface area contributed by atoms with Crippen LogP contribution < -0.4 is 5.32 Å². The smallest absolute Gasteiger partial charge is 0.233 e. The summed E-state index contributed by atoms with van der Waals surface area (Å²) in [6.45, 7) is 4.12. The molecule has 76 valence electrons. The molecule has 1 amide bonds. The molecular formula is C10H18BrNO. The highest BCUT2D eigenvalue weighted by Crippen LogP contribution is 2.23. The zero-order chi connectivity index (χ0) is 9.84. The third-order valence-corrected chi connectivity index (χ3v) is 3.06. The van der Waals surface area contributed by atoms with E-state index in [1.807, 2.05) is 6.92 Å². The molecule has 0 radical (unpaired) electrons. The maximum absolute atomic E-state index is 11.4. The van der Waals surface area contributed by atoms with E-state index in [4.69, 9.17) is 0 Å². The van der Waals surface area contributed by atoms with Crippen LogP contribution in [0.3, 0.4) is 0 Å². The van der Waals surface area contributed by atoms with E-state index >= 15 is 0 Å². The van der Waals surface area contributed by atoms with E-state index in [0.717, 1.165) is 18.8 Å². The minimum atomic E-state index is -0.0651. The second kappa shape index (κ2) is 4.99. The van der Waals surface area contributed by atoms with Crippen LogP contribution >= 0.6 is 15.9 Å². The Morgan fingerprint density at radius 1 is 1.54 bits per heavy atom. The van der Waals surface area contributed by atoms with Gasteiger partial charge in [-0.05, 0) is 25.7 Å². The molecule has 1 aliphatic carbocycles. The SMILES string of the molecule is CC1CCCC(NC(=O)C(C)Br)C1. The van der Waals surface area contributed by atoms with Crippen LogP contribution in [0, 0.1) is 5.92 Å². The topological polar surface area (TPSA) is 29.1 Å². The van der Waals surface area contributed by atoms with E-state index in [1.165, 1.54) is 12.8 Å². The minimum Gasteiger partial charge on any atom is -0.352 e. The maximum atomic E-state index is 11.4. The van der Waals surface area contributed by atoms with Gasteiger partial charge in [-0.25, -0.2) is 0 Å². The predicted octanol–water partition coefficient (Wildman–Crippen LogP) is 2.46. The molecule has 3 unspecified atom stereocenters. The van der Waals surface area contributed by atoms with Gasteiger partial charge in [-0.2, -0.15) is 0 Å². The van der Waals surface area contributed by atoms with Gasteiger partial charge >= 0.3 is 0 Å². The molecule has 1 saturated carbocycles. The highest BCUT2D eigenvalue weighted by molar-refractivity contribution is 9.10. The first-order valence-corrected chi connectivity index (χ1v) is 5.95. The molecule has 1 aliphatic rings. The summed E-state index contributed by atoms with van der Waals surface area (Å²) in [5.41, 5.74) is 0. The van der Waals surface area contributed by atoms with E-state index < -0.39 is 0 Å². The largest absolute Gasteiger partial charge is 0.352 e. The molecule has 1 fully saturated rings. The molecule has 0 saturated heterocycles. The average Bonchev–Trinajstić information content (AvgIpc) is 2.04. The Balaban J connectivity index is 2.31. The lowest BCUT2D eigenvalue weighted by Crippen LogP contribution is -2.40. The molecule has 0 heterocycles. The first-order chi connectivity index (χ1) is 6.09. The van der Waals surface area contributed by atoms with Crippen LogP contribution in [0.2, 0.25) is 0 Å². The van der Waals surface area contributed by atoms with Crippen molar-refractivity contribution in [1.29, 1.82) is 0 Å². The quantitative estimate of drug-likeness (QED) is 0.747. The van der Waals surface area contributed by atoms with Crippen LogP contribution in [0.4, 0.5) is 0 Å². The van der Waals surface area contributed by atoms with Gasteiger partial charge in [0, 0.05) is 6.04 Å². The lowest BCUT2D eigenvalue weighted by Gasteiger charge is -2.27. The molecule has 1 N–H and O–H groups in total. The summed E-state index contributed by atoms with van der Waals surface area (Å²) in [7, 11) is 0. The van der Waals surface area contributed by atoms with Gasteiger partial charge in [0.05, 0.1) is 4.83 Å². The summed E-state index contributed by atoms with van der Waals surface area (Å²) >= 11 is 3.27. The van der Waals surface area contributed by atoms with Crippen molar-refractivity contribution in [2.24, 2.45) is 5.92 Å². The number of rotatable bonds is 2. The Morgan fingerprint density at radius 3 is 2.77 bits per heavy atom. The minimum absolute atomic E-state index is 0.0651. The van der Waals surface area contributed by atoms with Crippen molar-refractivity contribution in [3.8, 4) is 0 Å². The summed E-state index contributed by atoms with van der Waals surface area (Å²) in [4.78, 5) is 11.3. The van der Waals surface area contributed by atoms with Gasteiger partial charge in [-0.1, -0.05) is 35.7 Å². The number of halogens is 1. The Bertz CT molecular complexity index is 182. The van der Waals surface area contributed by atoms with E-state index in [1.54, 1.807) is 0 Å². The molecule has 1 rings (SSSR count). The number of carbonyl (C=O) groups excluding carboxylic acids is 1. The van der Waals surface area contributed by atoms with Crippen LogP contribution in [0.1, 0.15) is 39.5 Å². The number of nitrogens with one attached hydrogen (secondary N) is 1. The van der Waals surface area contributed by atoms with Crippen LogP contribution in [-0.4, -0.2) is 16.8 Å². The van der Waals surface area contributed by atoms with Gasteiger partial charge in [0.15, 0.2) is 0 Å². The van der Waals surface area contributed by atoms with E-state index in [2.05, 4.69) is 28.2 Å². The summed E-state index contributed by atoms with van der Waals surface area (Å²) < 4.78 is 0. The molecule has 0 aliphatic heterocycles. The van der Waals surface area contributed by atoms with E-state index in [0.29, 0.717) is 6.04 Å². The lowest BCUT2D eigenvalue weighted by molar-refractivity contribution is -0.121. The highest BCUT2D eigenvalue weighted by Gasteiger charge is 2.21. The van der Waals surface area contributed by atoms with Gasteiger partial charge < -0.3 is 5.32 Å². The zero-order valence-electron chi connectivity index (χ0n) is 8.35. The monoisotopic (exact) mass is 247 g/mol. The fourth-order valence-corrected chi connectivity index (χ4v) is 2.01. The van der Waals surface area contributed by atoms with Crippen molar-refractivity contribution in [3.05, 3.63) is 0 Å². The third kappa shape index (κ3) is 3.67. The maximum Gasteiger partial charge on any atom is 0.233 e. The molecule has 13 heavy (non-hydrogen) atoms. The number of alkyl halides is 1. The molecule has 3 atom stereocenters. The molecule has 0 aromatic heterocycles. The Hall–Kier alpha value is -0.0500. The summed E-state index contributed by atoms with van der Waals surface area (Å²) in [6, 6.07) is 0.413. The third-order valence-electron chi connectivity index (χ3n) is 2.64. The van der Waals surface area contributed by atoms with Crippen molar-refractivity contribution in [3.63, 3.8) is 0 Å². The standard InChI is InChI=1S/C10H18BrNO/c1-7-4-3-5-9(6-7)12-10(13)8(2)11/h7-9H,3-6H2,1-2H3,(H,12,13). The zero-order valence-corrected chi connectivity index (χ0v) is 9.93. The fourth-order valence-electron chi connectivity index (χ4n) is 1.88. The summed E-state index contributed by atoms with van der Waals surface area (Å²) in [5, 5.41) is 3.06. The Labute approximate surface area is 88.6 Å². The summed E-state index contributed by atoms with van der Waals surface area (Å²) in [6.07, 6.45) is 4.86. The molecule has 0 aromatic rings. The highest BCUT2D eigenvalue weighted by atomic mass is 79.9. The van der Waals surface area contributed by atoms with Gasteiger partial charge in [-0.15, -0.1) is 0 Å². The first-order valence-electron chi connectivity index (χ1n) is 5.04. The van der Waals surface area contributed by atoms with Crippen molar-refractivity contribution in [2.45, 2.75) is 50.4 Å². The van der Waals surface area contributed by atoms with Gasteiger partial charge in [-0.3, -0.25) is 4.79 Å². The van der Waals surface area contributed by atoms with Crippen molar-refractivity contribution in [1.82, 2.24) is 5.32 Å². The second-order valence-corrected chi connectivity index (χ2v) is 5.47. The Kier molecular flexibility index (Phi) is 4.23. The van der Waals surface area contributed by atoms with Crippen LogP contribution in [0.25, 0.3) is 0 Å². The molecule has 0 aromatic carbocycles. The number of hydrogen-bond acceptors (Lipinski definition) is 1. The van der Waals surface area contributed by atoms with E-state index in [-0.39, 0.29) is 10.7 Å². The molecule has 3 heteroatoms.